The van der Waals surface area contributed by atoms with Gasteiger partial charge in [-0.1, -0.05) is 41.5 Å². The Hall–Kier alpha value is 0. The van der Waals surface area contributed by atoms with Gasteiger partial charge in [-0.25, -0.2) is 0 Å². The first-order valence-corrected chi connectivity index (χ1v) is 6.43. The molecule has 0 aromatic rings. The van der Waals surface area contributed by atoms with E-state index < -0.39 is 0 Å². The van der Waals surface area contributed by atoms with E-state index in [9.17, 15) is 0 Å². The van der Waals surface area contributed by atoms with Crippen molar-refractivity contribution in [2.75, 3.05) is 0 Å². The lowest BCUT2D eigenvalue weighted by Gasteiger charge is -2.29. The standard InChI is InChI=1S/C14H28/c1-9(2)7-11(4)14-12(5)8-10(3)13(14)6/h9-14H,7-8H2,1-6H3. The molecule has 0 heteroatoms. The molecule has 1 aliphatic rings. The third kappa shape index (κ3) is 2.52. The van der Waals surface area contributed by atoms with Crippen molar-refractivity contribution in [1.29, 1.82) is 0 Å². The van der Waals surface area contributed by atoms with Gasteiger partial charge in [0.1, 0.15) is 0 Å². The van der Waals surface area contributed by atoms with E-state index in [1.54, 1.807) is 0 Å². The average molecular weight is 196 g/mol. The zero-order valence-electron chi connectivity index (χ0n) is 10.9. The average Bonchev–Trinajstić information content (AvgIpc) is 2.25. The fourth-order valence-electron chi connectivity index (χ4n) is 3.84. The van der Waals surface area contributed by atoms with Gasteiger partial charge in [0.2, 0.25) is 0 Å². The summed E-state index contributed by atoms with van der Waals surface area (Å²) in [6.07, 6.45) is 2.86. The van der Waals surface area contributed by atoms with E-state index in [2.05, 4.69) is 41.5 Å². The van der Waals surface area contributed by atoms with Gasteiger partial charge < -0.3 is 0 Å². The first-order chi connectivity index (χ1) is 6.43. The van der Waals surface area contributed by atoms with Crippen LogP contribution in [0.25, 0.3) is 0 Å². The Morgan fingerprint density at radius 3 is 1.93 bits per heavy atom. The highest BCUT2D eigenvalue weighted by molar-refractivity contribution is 4.87. The molecule has 1 fully saturated rings. The zero-order valence-corrected chi connectivity index (χ0v) is 10.9. The van der Waals surface area contributed by atoms with Crippen LogP contribution in [0.3, 0.4) is 0 Å². The lowest BCUT2D eigenvalue weighted by Crippen LogP contribution is -2.22. The molecular formula is C14H28. The number of hydrogen-bond acceptors (Lipinski definition) is 0. The summed E-state index contributed by atoms with van der Waals surface area (Å²) in [4.78, 5) is 0. The van der Waals surface area contributed by atoms with Gasteiger partial charge >= 0.3 is 0 Å². The highest BCUT2D eigenvalue weighted by atomic mass is 14.4. The Bertz CT molecular complexity index is 171. The summed E-state index contributed by atoms with van der Waals surface area (Å²) in [5, 5.41) is 0. The Labute approximate surface area is 90.5 Å². The summed E-state index contributed by atoms with van der Waals surface area (Å²) in [7, 11) is 0. The summed E-state index contributed by atoms with van der Waals surface area (Å²) in [6.45, 7) is 14.5. The summed E-state index contributed by atoms with van der Waals surface area (Å²) >= 11 is 0. The minimum atomic E-state index is 0.861. The van der Waals surface area contributed by atoms with Gasteiger partial charge in [0.05, 0.1) is 0 Å². The maximum absolute atomic E-state index is 2.47. The molecule has 0 saturated heterocycles. The highest BCUT2D eigenvalue weighted by Gasteiger charge is 2.38. The van der Waals surface area contributed by atoms with E-state index in [0.29, 0.717) is 0 Å². The van der Waals surface area contributed by atoms with Crippen LogP contribution in [-0.4, -0.2) is 0 Å². The second kappa shape index (κ2) is 4.68. The van der Waals surface area contributed by atoms with Crippen molar-refractivity contribution < 1.29 is 0 Å². The van der Waals surface area contributed by atoms with Crippen LogP contribution >= 0.6 is 0 Å². The van der Waals surface area contributed by atoms with Crippen LogP contribution in [0.1, 0.15) is 54.4 Å². The van der Waals surface area contributed by atoms with Gasteiger partial charge in [0.15, 0.2) is 0 Å². The van der Waals surface area contributed by atoms with Crippen LogP contribution in [0.2, 0.25) is 0 Å². The van der Waals surface area contributed by atoms with Crippen molar-refractivity contribution in [3.8, 4) is 0 Å². The van der Waals surface area contributed by atoms with Crippen LogP contribution < -0.4 is 0 Å². The monoisotopic (exact) mass is 196 g/mol. The normalized spacial score (nSPS) is 40.5. The zero-order chi connectivity index (χ0) is 10.9. The third-order valence-corrected chi connectivity index (χ3v) is 4.41. The predicted molar refractivity (Wildman–Crippen MR) is 64.2 cm³/mol. The molecule has 5 atom stereocenters. The summed E-state index contributed by atoms with van der Waals surface area (Å²) in [5.74, 6) is 5.61. The molecular weight excluding hydrogens is 168 g/mol. The van der Waals surface area contributed by atoms with Crippen molar-refractivity contribution in [3.63, 3.8) is 0 Å². The molecule has 0 aromatic heterocycles. The molecule has 1 rings (SSSR count). The van der Waals surface area contributed by atoms with Crippen molar-refractivity contribution in [2.45, 2.75) is 54.4 Å². The van der Waals surface area contributed by atoms with Crippen LogP contribution in [-0.2, 0) is 0 Å². The number of hydrogen-bond donors (Lipinski definition) is 0. The Balaban J connectivity index is 2.57. The van der Waals surface area contributed by atoms with Crippen LogP contribution in [0.5, 0.6) is 0 Å². The first kappa shape index (κ1) is 12.1. The smallest absolute Gasteiger partial charge is 0.0334 e. The highest BCUT2D eigenvalue weighted by Crippen LogP contribution is 2.46. The van der Waals surface area contributed by atoms with Crippen molar-refractivity contribution >= 4 is 0 Å². The molecule has 0 aromatic carbocycles. The largest absolute Gasteiger partial charge is 0.0628 e. The van der Waals surface area contributed by atoms with Crippen LogP contribution in [0.4, 0.5) is 0 Å². The van der Waals surface area contributed by atoms with E-state index in [1.807, 2.05) is 0 Å². The van der Waals surface area contributed by atoms with Crippen molar-refractivity contribution in [2.24, 2.45) is 35.5 Å². The Kier molecular flexibility index (Phi) is 4.04. The van der Waals surface area contributed by atoms with Gasteiger partial charge in [0.25, 0.3) is 0 Å². The molecule has 1 aliphatic carbocycles. The molecule has 0 amide bonds. The molecule has 0 spiro atoms. The van der Waals surface area contributed by atoms with Gasteiger partial charge in [-0.05, 0) is 48.3 Å². The quantitative estimate of drug-likeness (QED) is 0.619. The van der Waals surface area contributed by atoms with E-state index in [4.69, 9.17) is 0 Å². The maximum atomic E-state index is 2.47. The first-order valence-electron chi connectivity index (χ1n) is 6.43. The lowest BCUT2D eigenvalue weighted by atomic mass is 9.77. The van der Waals surface area contributed by atoms with Crippen LogP contribution in [0.15, 0.2) is 0 Å². The molecule has 0 heterocycles. The minimum Gasteiger partial charge on any atom is -0.0628 e. The molecule has 0 radical (unpaired) electrons. The minimum absolute atomic E-state index is 0.861. The fraction of sp³-hybridized carbons (Fsp3) is 1.00. The maximum Gasteiger partial charge on any atom is -0.0334 e. The summed E-state index contributed by atoms with van der Waals surface area (Å²) < 4.78 is 0. The van der Waals surface area contributed by atoms with Crippen molar-refractivity contribution in [3.05, 3.63) is 0 Å². The second-order valence-corrected chi connectivity index (χ2v) is 6.23. The molecule has 0 nitrogen and oxygen atoms in total. The number of rotatable bonds is 3. The molecule has 14 heavy (non-hydrogen) atoms. The lowest BCUT2D eigenvalue weighted by molar-refractivity contribution is 0.201. The summed E-state index contributed by atoms with van der Waals surface area (Å²) in [5.41, 5.74) is 0. The van der Waals surface area contributed by atoms with Gasteiger partial charge in [-0.2, -0.15) is 0 Å². The topological polar surface area (TPSA) is 0 Å². The van der Waals surface area contributed by atoms with Gasteiger partial charge in [-0.3, -0.25) is 0 Å². The molecule has 0 N–H and O–H groups in total. The van der Waals surface area contributed by atoms with Gasteiger partial charge in [-0.15, -0.1) is 0 Å². The Morgan fingerprint density at radius 1 is 1.00 bits per heavy atom. The molecule has 0 bridgehead atoms. The van der Waals surface area contributed by atoms with E-state index in [0.717, 1.165) is 35.5 Å². The van der Waals surface area contributed by atoms with E-state index in [1.165, 1.54) is 12.8 Å². The van der Waals surface area contributed by atoms with E-state index >= 15 is 0 Å². The summed E-state index contributed by atoms with van der Waals surface area (Å²) in [6, 6.07) is 0. The Morgan fingerprint density at radius 2 is 1.57 bits per heavy atom. The predicted octanol–water partition coefficient (Wildman–Crippen LogP) is 4.60. The second-order valence-electron chi connectivity index (χ2n) is 6.23. The third-order valence-electron chi connectivity index (χ3n) is 4.41. The van der Waals surface area contributed by atoms with Crippen LogP contribution in [0, 0.1) is 35.5 Å². The SMILES string of the molecule is CC(C)CC(C)C1C(C)CC(C)C1C. The fourth-order valence-corrected chi connectivity index (χ4v) is 3.84. The molecule has 0 aliphatic heterocycles. The van der Waals surface area contributed by atoms with Gasteiger partial charge in [0, 0.05) is 0 Å². The molecule has 5 unspecified atom stereocenters. The van der Waals surface area contributed by atoms with Crippen molar-refractivity contribution in [1.82, 2.24) is 0 Å². The molecule has 1 saturated carbocycles. The van der Waals surface area contributed by atoms with E-state index in [-0.39, 0.29) is 0 Å². The molecule has 84 valence electrons.